The molecule has 7 nitrogen and oxygen atoms in total. The van der Waals surface area contributed by atoms with Crippen LogP contribution in [-0.4, -0.2) is 28.3 Å². The van der Waals surface area contributed by atoms with Gasteiger partial charge in [0.2, 0.25) is 5.91 Å². The molecule has 3 aromatic rings. The Morgan fingerprint density at radius 1 is 1.03 bits per heavy atom. The molecule has 0 unspecified atom stereocenters. The van der Waals surface area contributed by atoms with E-state index in [-0.39, 0.29) is 34.1 Å². The highest BCUT2D eigenvalue weighted by Crippen LogP contribution is 2.43. The number of benzene rings is 2. The van der Waals surface area contributed by atoms with Crippen LogP contribution in [0.5, 0.6) is 11.5 Å². The van der Waals surface area contributed by atoms with Crippen molar-refractivity contribution in [3.63, 3.8) is 0 Å². The number of hydrogen-bond donors (Lipinski definition) is 2. The van der Waals surface area contributed by atoms with Crippen LogP contribution in [0.1, 0.15) is 35.3 Å². The summed E-state index contributed by atoms with van der Waals surface area (Å²) in [5.74, 6) is -2.62. The number of rotatable bonds is 5. The molecule has 0 aliphatic carbocycles. The van der Waals surface area contributed by atoms with Gasteiger partial charge in [0.15, 0.2) is 11.5 Å². The van der Waals surface area contributed by atoms with E-state index in [1.54, 1.807) is 26.8 Å². The number of hydrogen-bond acceptors (Lipinski definition) is 5. The summed E-state index contributed by atoms with van der Waals surface area (Å²) in [5.41, 5.74) is -0.210. The molecule has 1 aliphatic heterocycles. The minimum Gasteiger partial charge on any atom is -0.478 e. The summed E-state index contributed by atoms with van der Waals surface area (Å²) >= 11 is 0. The van der Waals surface area contributed by atoms with Crippen molar-refractivity contribution in [3.05, 3.63) is 71.0 Å². The zero-order chi connectivity index (χ0) is 24.8. The van der Waals surface area contributed by atoms with Gasteiger partial charge in [-0.3, -0.25) is 4.79 Å². The van der Waals surface area contributed by atoms with E-state index in [1.807, 2.05) is 0 Å². The molecule has 0 atom stereocenters. The first kappa shape index (κ1) is 23.1. The fourth-order valence-corrected chi connectivity index (χ4v) is 3.45. The number of carbonyl (C=O) groups is 2. The highest BCUT2D eigenvalue weighted by molar-refractivity contribution is 5.98. The first-order valence-corrected chi connectivity index (χ1v) is 10.1. The number of halogens is 3. The third-order valence-corrected chi connectivity index (χ3v) is 5.50. The van der Waals surface area contributed by atoms with Crippen molar-refractivity contribution >= 4 is 17.7 Å². The smallest absolute Gasteiger partial charge is 0.478 e. The number of carboxylic acids is 1. The second-order valence-corrected chi connectivity index (χ2v) is 8.27. The first-order chi connectivity index (χ1) is 15.9. The molecule has 1 aromatic heterocycles. The number of amides is 1. The van der Waals surface area contributed by atoms with Crippen LogP contribution in [-0.2, 0) is 10.2 Å². The minimum absolute atomic E-state index is 0.0236. The van der Waals surface area contributed by atoms with Crippen LogP contribution < -0.4 is 14.8 Å². The minimum atomic E-state index is -3.78. The van der Waals surface area contributed by atoms with Gasteiger partial charge in [-0.2, -0.15) is 0 Å². The van der Waals surface area contributed by atoms with E-state index in [4.69, 9.17) is 0 Å². The standard InChI is InChI=1S/C24H19F3N2O5/c1-12-4-9-19(28-20(12)15-10-13(21(30)31)5-7-16(15)25)29-22(32)23(2,3)14-6-8-17-18(11-14)34-24(26,27)33-17/h4-11H,1-3H3,(H,30,31)(H,28,29,32). The van der Waals surface area contributed by atoms with Gasteiger partial charge in [0.05, 0.1) is 16.7 Å². The zero-order valence-electron chi connectivity index (χ0n) is 18.3. The maximum atomic E-state index is 14.5. The molecule has 0 radical (unpaired) electrons. The monoisotopic (exact) mass is 472 g/mol. The van der Waals surface area contributed by atoms with Crippen LogP contribution in [0.15, 0.2) is 48.5 Å². The molecule has 10 heteroatoms. The molecular formula is C24H19F3N2O5. The average molecular weight is 472 g/mol. The largest absolute Gasteiger partial charge is 0.586 e. The lowest BCUT2D eigenvalue weighted by Crippen LogP contribution is -2.35. The van der Waals surface area contributed by atoms with E-state index >= 15 is 0 Å². The maximum absolute atomic E-state index is 14.5. The van der Waals surface area contributed by atoms with Crippen LogP contribution in [0.2, 0.25) is 0 Å². The molecule has 2 heterocycles. The van der Waals surface area contributed by atoms with Crippen LogP contribution in [0.3, 0.4) is 0 Å². The highest BCUT2D eigenvalue weighted by atomic mass is 19.3. The number of aromatic carboxylic acids is 1. The predicted octanol–water partition coefficient (Wildman–Crippen LogP) is 5.13. The van der Waals surface area contributed by atoms with E-state index in [0.717, 1.165) is 12.1 Å². The quantitative estimate of drug-likeness (QED) is 0.534. The Hall–Kier alpha value is -4.08. The van der Waals surface area contributed by atoms with Crippen molar-refractivity contribution in [1.29, 1.82) is 0 Å². The molecule has 0 saturated heterocycles. The fraction of sp³-hybridized carbons (Fsp3) is 0.208. The van der Waals surface area contributed by atoms with Crippen LogP contribution in [0.4, 0.5) is 19.0 Å². The summed E-state index contributed by atoms with van der Waals surface area (Å²) in [6, 6.07) is 10.6. The molecule has 0 saturated carbocycles. The molecular weight excluding hydrogens is 453 g/mol. The molecule has 1 amide bonds. The van der Waals surface area contributed by atoms with E-state index in [0.29, 0.717) is 11.1 Å². The molecule has 2 aromatic carbocycles. The Morgan fingerprint density at radius 3 is 2.44 bits per heavy atom. The summed E-state index contributed by atoms with van der Waals surface area (Å²) in [4.78, 5) is 28.7. The predicted molar refractivity (Wildman–Crippen MR) is 116 cm³/mol. The molecule has 2 N–H and O–H groups in total. The van der Waals surface area contributed by atoms with Crippen molar-refractivity contribution in [2.24, 2.45) is 0 Å². The van der Waals surface area contributed by atoms with Gasteiger partial charge in [-0.25, -0.2) is 14.2 Å². The normalized spacial score (nSPS) is 14.1. The number of pyridine rings is 1. The number of nitrogens with one attached hydrogen (secondary N) is 1. The van der Waals surface area contributed by atoms with Gasteiger partial charge in [0.25, 0.3) is 0 Å². The van der Waals surface area contributed by atoms with Gasteiger partial charge < -0.3 is 19.9 Å². The molecule has 34 heavy (non-hydrogen) atoms. The van der Waals surface area contributed by atoms with Crippen molar-refractivity contribution in [1.82, 2.24) is 4.98 Å². The Labute approximate surface area is 192 Å². The van der Waals surface area contributed by atoms with Crippen LogP contribution in [0.25, 0.3) is 11.3 Å². The number of fused-ring (bicyclic) bond motifs is 1. The maximum Gasteiger partial charge on any atom is 0.586 e. The van der Waals surface area contributed by atoms with Gasteiger partial charge >= 0.3 is 12.3 Å². The number of ether oxygens (including phenoxy) is 2. The zero-order valence-corrected chi connectivity index (χ0v) is 18.3. The third kappa shape index (κ3) is 4.26. The van der Waals surface area contributed by atoms with Gasteiger partial charge in [0.1, 0.15) is 11.6 Å². The fourth-order valence-electron chi connectivity index (χ4n) is 3.45. The second kappa shape index (κ2) is 8.05. The molecule has 0 spiro atoms. The summed E-state index contributed by atoms with van der Waals surface area (Å²) in [6.45, 7) is 4.85. The van der Waals surface area contributed by atoms with Crippen LogP contribution >= 0.6 is 0 Å². The highest BCUT2D eigenvalue weighted by Gasteiger charge is 2.44. The molecule has 0 bridgehead atoms. The Morgan fingerprint density at radius 2 is 1.74 bits per heavy atom. The Balaban J connectivity index is 1.62. The lowest BCUT2D eigenvalue weighted by atomic mass is 9.83. The summed E-state index contributed by atoms with van der Waals surface area (Å²) in [6.07, 6.45) is -3.78. The number of aromatic nitrogens is 1. The molecule has 4 rings (SSSR count). The average Bonchev–Trinajstić information content (AvgIpc) is 3.08. The Bertz CT molecular complexity index is 1320. The van der Waals surface area contributed by atoms with Crippen molar-refractivity contribution in [2.75, 3.05) is 5.32 Å². The molecule has 176 valence electrons. The Kier molecular flexibility index (Phi) is 5.47. The molecule has 0 fully saturated rings. The van der Waals surface area contributed by atoms with E-state index < -0.39 is 29.4 Å². The number of alkyl halides is 2. The van der Waals surface area contributed by atoms with Gasteiger partial charge in [-0.15, -0.1) is 8.78 Å². The van der Waals surface area contributed by atoms with Gasteiger partial charge in [0, 0.05) is 5.56 Å². The number of nitrogens with zero attached hydrogens (tertiary/aromatic N) is 1. The number of aryl methyl sites for hydroxylation is 1. The van der Waals surface area contributed by atoms with Crippen LogP contribution in [0, 0.1) is 12.7 Å². The third-order valence-electron chi connectivity index (χ3n) is 5.50. The van der Waals surface area contributed by atoms with Gasteiger partial charge in [-0.05, 0) is 68.3 Å². The lowest BCUT2D eigenvalue weighted by Gasteiger charge is -2.24. The summed E-state index contributed by atoms with van der Waals surface area (Å²) in [7, 11) is 0. The van der Waals surface area contributed by atoms with Gasteiger partial charge in [-0.1, -0.05) is 12.1 Å². The SMILES string of the molecule is Cc1ccc(NC(=O)C(C)(C)c2ccc3c(c2)OC(F)(F)O3)nc1-c1cc(C(=O)O)ccc1F. The van der Waals surface area contributed by atoms with E-state index in [2.05, 4.69) is 19.8 Å². The second-order valence-electron chi connectivity index (χ2n) is 8.27. The number of carbonyl (C=O) groups excluding carboxylic acids is 1. The first-order valence-electron chi connectivity index (χ1n) is 10.1. The van der Waals surface area contributed by atoms with Crippen molar-refractivity contribution < 1.29 is 37.3 Å². The van der Waals surface area contributed by atoms with Crippen molar-refractivity contribution in [2.45, 2.75) is 32.5 Å². The summed E-state index contributed by atoms with van der Waals surface area (Å²) in [5, 5.41) is 11.9. The molecule has 1 aliphatic rings. The van der Waals surface area contributed by atoms with E-state index in [9.17, 15) is 27.9 Å². The number of anilines is 1. The topological polar surface area (TPSA) is 97.8 Å². The van der Waals surface area contributed by atoms with E-state index in [1.165, 1.54) is 30.3 Å². The summed E-state index contributed by atoms with van der Waals surface area (Å²) < 4.78 is 50.0. The number of carboxylic acid groups (broad SMARTS) is 1. The lowest BCUT2D eigenvalue weighted by molar-refractivity contribution is -0.286. The van der Waals surface area contributed by atoms with Crippen molar-refractivity contribution in [3.8, 4) is 22.8 Å².